The number of aromatic hydroxyl groups is 2. The number of hydrogen-bond donors (Lipinski definition) is 2. The van der Waals surface area contributed by atoms with Crippen LogP contribution < -0.4 is 59.1 Å². The number of hydrogen-bond acceptors (Lipinski definition) is 2. The molecule has 0 unspecified atom stereocenters. The largest absolute Gasteiger partial charge is 1.00 e. The van der Waals surface area contributed by atoms with E-state index in [4.69, 9.17) is 0 Å². The van der Waals surface area contributed by atoms with E-state index in [0.717, 1.165) is 26.9 Å². The number of benzene rings is 4. The summed E-state index contributed by atoms with van der Waals surface area (Å²) in [6, 6.07) is 15.6. The maximum Gasteiger partial charge on any atom is 1.00 e. The van der Waals surface area contributed by atoms with Crippen LogP contribution in [0.3, 0.4) is 0 Å². The molecule has 0 atom stereocenters. The predicted octanol–water partition coefficient (Wildman–Crippen LogP) is -1.77. The van der Waals surface area contributed by atoms with E-state index in [1.807, 2.05) is 30.3 Å². The fourth-order valence-corrected chi connectivity index (χ4v) is 2.78. The van der Waals surface area contributed by atoms with Crippen molar-refractivity contribution >= 4 is 32.3 Å². The van der Waals surface area contributed by atoms with Crippen molar-refractivity contribution in [3.63, 3.8) is 0 Å². The maximum atomic E-state index is 9.98. The Morgan fingerprint density at radius 1 is 0.700 bits per heavy atom. The second-order valence-corrected chi connectivity index (χ2v) is 4.60. The first-order valence-corrected chi connectivity index (χ1v) is 5.84. The van der Waals surface area contributed by atoms with Crippen LogP contribution in [0.25, 0.3) is 32.3 Å². The Kier molecular flexibility index (Phi) is 4.55. The maximum absolute atomic E-state index is 9.98. The van der Waals surface area contributed by atoms with E-state index in [2.05, 4.69) is 12.1 Å². The zero-order chi connectivity index (χ0) is 12.3. The van der Waals surface area contributed by atoms with E-state index in [9.17, 15) is 10.2 Å². The summed E-state index contributed by atoms with van der Waals surface area (Å²) in [5, 5.41) is 25.8. The smallest absolute Gasteiger partial charge is 1.00 e. The van der Waals surface area contributed by atoms with Gasteiger partial charge in [-0.1, -0.05) is 36.4 Å². The molecule has 0 aliphatic heterocycles. The molecule has 0 aromatic heterocycles. The molecular weight excluding hydrogens is 270 g/mol. The summed E-state index contributed by atoms with van der Waals surface area (Å²) in [6.45, 7) is 0. The Morgan fingerprint density at radius 2 is 1.30 bits per heavy atom. The van der Waals surface area contributed by atoms with Crippen molar-refractivity contribution in [2.24, 2.45) is 0 Å². The zero-order valence-corrected chi connectivity index (χ0v) is 15.5. The minimum absolute atomic E-state index is 0. The standard InChI is InChI=1S/C16H10O2.2Na.2H/c17-13-8-11-5-4-9-2-1-3-10-6-7-12(16(13)18)15(11)14(9)10;;;;/h1-8,17-18H;;;;/q;2*+1;2*-1. The van der Waals surface area contributed by atoms with Gasteiger partial charge in [0.25, 0.3) is 0 Å². The number of phenols is 2. The van der Waals surface area contributed by atoms with E-state index in [1.165, 1.54) is 0 Å². The van der Waals surface area contributed by atoms with Gasteiger partial charge in [0.2, 0.25) is 0 Å². The molecule has 0 aliphatic carbocycles. The second-order valence-electron chi connectivity index (χ2n) is 4.60. The summed E-state index contributed by atoms with van der Waals surface area (Å²) < 4.78 is 0. The first-order valence-electron chi connectivity index (χ1n) is 5.84. The van der Waals surface area contributed by atoms with E-state index in [1.54, 1.807) is 6.07 Å². The first kappa shape index (κ1) is 15.9. The summed E-state index contributed by atoms with van der Waals surface area (Å²) in [6.07, 6.45) is 0. The van der Waals surface area contributed by atoms with Crippen LogP contribution in [0.2, 0.25) is 0 Å². The quantitative estimate of drug-likeness (QED) is 0.228. The molecule has 90 valence electrons. The van der Waals surface area contributed by atoms with Crippen LogP contribution in [0.15, 0.2) is 48.5 Å². The molecule has 0 saturated carbocycles. The van der Waals surface area contributed by atoms with Crippen LogP contribution in [-0.2, 0) is 0 Å². The van der Waals surface area contributed by atoms with Gasteiger partial charge in [0.05, 0.1) is 0 Å². The minimum Gasteiger partial charge on any atom is -1.00 e. The van der Waals surface area contributed by atoms with Gasteiger partial charge in [0, 0.05) is 10.8 Å². The van der Waals surface area contributed by atoms with E-state index in [0.29, 0.717) is 5.39 Å². The molecule has 4 rings (SSSR count). The topological polar surface area (TPSA) is 40.5 Å². The van der Waals surface area contributed by atoms with Crippen molar-refractivity contribution in [1.82, 2.24) is 0 Å². The Balaban J connectivity index is 0.00000110. The fraction of sp³-hybridized carbons (Fsp3) is 0. The van der Waals surface area contributed by atoms with Gasteiger partial charge in [-0.25, -0.2) is 0 Å². The molecule has 2 nitrogen and oxygen atoms in total. The SMILES string of the molecule is Oc1cc2ccc3cccc4ccc(c1O)c2c34.[H-].[H-].[Na+].[Na+]. The molecule has 4 aromatic rings. The van der Waals surface area contributed by atoms with Gasteiger partial charge in [-0.15, -0.1) is 0 Å². The molecule has 0 fully saturated rings. The number of phenolic OH excluding ortho intramolecular Hbond substituents is 2. The molecule has 4 heteroatoms. The molecule has 0 saturated heterocycles. The molecule has 4 aromatic carbocycles. The monoisotopic (exact) mass is 282 g/mol. The molecule has 0 heterocycles. The summed E-state index contributed by atoms with van der Waals surface area (Å²) in [4.78, 5) is 0. The number of rotatable bonds is 0. The molecule has 0 radical (unpaired) electrons. The van der Waals surface area contributed by atoms with Gasteiger partial charge in [-0.05, 0) is 33.7 Å². The average molecular weight is 282 g/mol. The summed E-state index contributed by atoms with van der Waals surface area (Å²) in [5.74, 6) is -0.110. The van der Waals surface area contributed by atoms with Crippen LogP contribution in [0.1, 0.15) is 2.85 Å². The first-order chi connectivity index (χ1) is 8.75. The van der Waals surface area contributed by atoms with Crippen LogP contribution in [0.5, 0.6) is 11.5 Å². The van der Waals surface area contributed by atoms with Crippen LogP contribution in [-0.4, -0.2) is 10.2 Å². The third-order valence-electron chi connectivity index (χ3n) is 3.60. The molecule has 0 aliphatic rings. The van der Waals surface area contributed by atoms with Crippen molar-refractivity contribution in [3.8, 4) is 11.5 Å². The van der Waals surface area contributed by atoms with Gasteiger partial charge >= 0.3 is 59.1 Å². The Hall–Kier alpha value is -0.480. The van der Waals surface area contributed by atoms with Crippen molar-refractivity contribution in [1.29, 1.82) is 0 Å². The van der Waals surface area contributed by atoms with Gasteiger partial charge < -0.3 is 13.1 Å². The van der Waals surface area contributed by atoms with Gasteiger partial charge in [-0.2, -0.15) is 0 Å². The Labute approximate surface area is 163 Å². The van der Waals surface area contributed by atoms with Crippen molar-refractivity contribution < 1.29 is 72.2 Å². The van der Waals surface area contributed by atoms with Crippen LogP contribution in [0.4, 0.5) is 0 Å². The van der Waals surface area contributed by atoms with Crippen molar-refractivity contribution in [2.75, 3.05) is 0 Å². The normalized spacial score (nSPS) is 10.6. The molecule has 0 spiro atoms. The third kappa shape index (κ3) is 2.12. The zero-order valence-electron chi connectivity index (χ0n) is 13.5. The fourth-order valence-electron chi connectivity index (χ4n) is 2.78. The summed E-state index contributed by atoms with van der Waals surface area (Å²) >= 11 is 0. The van der Waals surface area contributed by atoms with E-state index >= 15 is 0 Å². The van der Waals surface area contributed by atoms with E-state index < -0.39 is 0 Å². The minimum atomic E-state index is -0.0686. The average Bonchev–Trinajstić information content (AvgIpc) is 2.40. The molecule has 0 bridgehead atoms. The molecule has 20 heavy (non-hydrogen) atoms. The van der Waals surface area contributed by atoms with Gasteiger partial charge in [0.15, 0.2) is 11.5 Å². The molecule has 2 N–H and O–H groups in total. The van der Waals surface area contributed by atoms with Crippen LogP contribution >= 0.6 is 0 Å². The third-order valence-corrected chi connectivity index (χ3v) is 3.60. The van der Waals surface area contributed by atoms with Crippen LogP contribution in [0, 0.1) is 0 Å². The second kappa shape index (κ2) is 5.72. The Bertz CT molecular complexity index is 897. The molecular formula is C16H12Na2O2. The molecule has 0 amide bonds. The summed E-state index contributed by atoms with van der Waals surface area (Å²) in [5.41, 5.74) is 0. The van der Waals surface area contributed by atoms with E-state index in [-0.39, 0.29) is 73.5 Å². The van der Waals surface area contributed by atoms with Crippen molar-refractivity contribution in [3.05, 3.63) is 48.5 Å². The predicted molar refractivity (Wildman–Crippen MR) is 75.7 cm³/mol. The van der Waals surface area contributed by atoms with Gasteiger partial charge in [0.1, 0.15) is 0 Å². The van der Waals surface area contributed by atoms with Gasteiger partial charge in [-0.3, -0.25) is 0 Å². The summed E-state index contributed by atoms with van der Waals surface area (Å²) in [7, 11) is 0. The van der Waals surface area contributed by atoms with Crippen molar-refractivity contribution in [2.45, 2.75) is 0 Å². The Morgan fingerprint density at radius 3 is 2.00 bits per heavy atom.